The summed E-state index contributed by atoms with van der Waals surface area (Å²) >= 11 is 1.16. The van der Waals surface area contributed by atoms with Crippen molar-refractivity contribution in [2.75, 3.05) is 6.61 Å². The molecule has 0 saturated carbocycles. The molecular weight excluding hydrogens is 294 g/mol. The molecule has 0 bridgehead atoms. The van der Waals surface area contributed by atoms with Crippen LogP contribution in [-0.2, 0) is 10.0 Å². The predicted octanol–water partition coefficient (Wildman–Crippen LogP) is 2.19. The Kier molecular flexibility index (Phi) is 4.93. The fourth-order valence-electron chi connectivity index (χ4n) is 1.96. The Bertz CT molecular complexity index is 624. The molecule has 2 N–H and O–H groups in total. The van der Waals surface area contributed by atoms with Crippen LogP contribution in [0.25, 0.3) is 0 Å². The van der Waals surface area contributed by atoms with Crippen LogP contribution in [-0.4, -0.2) is 26.2 Å². The lowest BCUT2D eigenvalue weighted by Gasteiger charge is -2.23. The second kappa shape index (κ2) is 6.49. The average Bonchev–Trinajstić information content (AvgIpc) is 3.00. The summed E-state index contributed by atoms with van der Waals surface area (Å²) in [6, 6.07) is 12.2. The zero-order valence-electron chi connectivity index (χ0n) is 11.1. The summed E-state index contributed by atoms with van der Waals surface area (Å²) in [5.74, 6) is -0.115. The molecule has 0 amide bonds. The fraction of sp³-hybridized carbons (Fsp3) is 0.286. The lowest BCUT2D eigenvalue weighted by atomic mass is 9.94. The van der Waals surface area contributed by atoms with Crippen LogP contribution in [0.4, 0.5) is 0 Å². The molecule has 0 aliphatic heterocycles. The summed E-state index contributed by atoms with van der Waals surface area (Å²) in [4.78, 5) is 0. The van der Waals surface area contributed by atoms with Gasteiger partial charge in [-0.05, 0) is 22.9 Å². The van der Waals surface area contributed by atoms with E-state index in [0.717, 1.165) is 16.9 Å². The van der Waals surface area contributed by atoms with Crippen molar-refractivity contribution in [3.05, 3.63) is 53.4 Å². The number of hydrogen-bond donors (Lipinski definition) is 2. The van der Waals surface area contributed by atoms with Crippen molar-refractivity contribution in [2.45, 2.75) is 23.1 Å². The van der Waals surface area contributed by atoms with Crippen LogP contribution in [0.1, 0.15) is 18.4 Å². The van der Waals surface area contributed by atoms with Gasteiger partial charge in [-0.2, -0.15) is 0 Å². The van der Waals surface area contributed by atoms with Gasteiger partial charge in [0.05, 0.1) is 12.6 Å². The number of rotatable bonds is 6. The number of benzene rings is 1. The largest absolute Gasteiger partial charge is 0.395 e. The summed E-state index contributed by atoms with van der Waals surface area (Å²) < 4.78 is 27.2. The van der Waals surface area contributed by atoms with E-state index in [1.807, 2.05) is 37.3 Å². The Morgan fingerprint density at radius 3 is 2.45 bits per heavy atom. The first kappa shape index (κ1) is 15.2. The monoisotopic (exact) mass is 311 g/mol. The van der Waals surface area contributed by atoms with Gasteiger partial charge in [0, 0.05) is 0 Å². The second-order valence-corrected chi connectivity index (χ2v) is 7.43. The van der Waals surface area contributed by atoms with Gasteiger partial charge in [0.2, 0.25) is 10.0 Å². The average molecular weight is 311 g/mol. The van der Waals surface area contributed by atoms with Gasteiger partial charge in [-0.15, -0.1) is 11.3 Å². The van der Waals surface area contributed by atoms with Crippen LogP contribution >= 0.6 is 11.3 Å². The number of sulfonamides is 1. The van der Waals surface area contributed by atoms with Crippen molar-refractivity contribution >= 4 is 21.4 Å². The summed E-state index contributed by atoms with van der Waals surface area (Å²) in [5, 5.41) is 11.2. The Morgan fingerprint density at radius 2 is 1.90 bits per heavy atom. The van der Waals surface area contributed by atoms with E-state index < -0.39 is 16.1 Å². The Morgan fingerprint density at radius 1 is 1.20 bits per heavy atom. The molecule has 6 heteroatoms. The topological polar surface area (TPSA) is 66.4 Å². The maximum Gasteiger partial charge on any atom is 0.250 e. The Balaban J connectivity index is 2.18. The third kappa shape index (κ3) is 3.46. The lowest BCUT2D eigenvalue weighted by Crippen LogP contribution is -2.40. The zero-order valence-corrected chi connectivity index (χ0v) is 12.7. The Hall–Kier alpha value is -1.21. The first-order valence-corrected chi connectivity index (χ1v) is 8.62. The van der Waals surface area contributed by atoms with Crippen LogP contribution in [0.3, 0.4) is 0 Å². The second-order valence-electron chi connectivity index (χ2n) is 4.54. The fourth-order valence-corrected chi connectivity index (χ4v) is 4.28. The highest BCUT2D eigenvalue weighted by Gasteiger charge is 2.25. The van der Waals surface area contributed by atoms with Gasteiger partial charge in [0.1, 0.15) is 4.21 Å². The molecule has 0 aliphatic rings. The SMILES string of the molecule is CC(c1ccccc1)C(CO)NS(=O)(=O)c1cccs1. The molecule has 1 aromatic heterocycles. The molecule has 1 heterocycles. The van der Waals surface area contributed by atoms with E-state index in [2.05, 4.69) is 4.72 Å². The van der Waals surface area contributed by atoms with Crippen LogP contribution < -0.4 is 4.72 Å². The number of nitrogens with one attached hydrogen (secondary N) is 1. The van der Waals surface area contributed by atoms with Crippen molar-refractivity contribution in [1.82, 2.24) is 4.72 Å². The minimum Gasteiger partial charge on any atom is -0.395 e. The number of aliphatic hydroxyl groups is 1. The van der Waals surface area contributed by atoms with Crippen molar-refractivity contribution < 1.29 is 13.5 Å². The number of thiophene rings is 1. The van der Waals surface area contributed by atoms with Gasteiger partial charge >= 0.3 is 0 Å². The number of hydrogen-bond acceptors (Lipinski definition) is 4. The minimum absolute atomic E-state index is 0.115. The maximum absolute atomic E-state index is 12.2. The molecule has 0 radical (unpaired) electrons. The van der Waals surface area contributed by atoms with Crippen LogP contribution in [0.15, 0.2) is 52.1 Å². The van der Waals surface area contributed by atoms with Gasteiger partial charge in [-0.3, -0.25) is 0 Å². The lowest BCUT2D eigenvalue weighted by molar-refractivity contribution is 0.242. The van der Waals surface area contributed by atoms with E-state index >= 15 is 0 Å². The highest BCUT2D eigenvalue weighted by molar-refractivity contribution is 7.91. The highest BCUT2D eigenvalue weighted by Crippen LogP contribution is 2.22. The Labute approximate surface area is 123 Å². The smallest absolute Gasteiger partial charge is 0.250 e. The molecule has 2 atom stereocenters. The van der Waals surface area contributed by atoms with Gasteiger partial charge < -0.3 is 5.11 Å². The minimum atomic E-state index is -3.57. The summed E-state index contributed by atoms with van der Waals surface area (Å²) in [5.41, 5.74) is 0.987. The van der Waals surface area contributed by atoms with Crippen molar-refractivity contribution in [2.24, 2.45) is 0 Å². The van der Waals surface area contributed by atoms with Gasteiger partial charge in [0.15, 0.2) is 0 Å². The number of aliphatic hydroxyl groups excluding tert-OH is 1. The molecule has 2 aromatic rings. The molecule has 0 spiro atoms. The molecule has 1 aromatic carbocycles. The van der Waals surface area contributed by atoms with E-state index in [4.69, 9.17) is 0 Å². The standard InChI is InChI=1S/C14H17NO3S2/c1-11(12-6-3-2-4-7-12)13(10-16)15-20(17,18)14-8-5-9-19-14/h2-9,11,13,15-16H,10H2,1H3. The van der Waals surface area contributed by atoms with E-state index in [0.29, 0.717) is 0 Å². The molecule has 20 heavy (non-hydrogen) atoms. The van der Waals surface area contributed by atoms with Crippen molar-refractivity contribution in [3.8, 4) is 0 Å². The first-order valence-electron chi connectivity index (χ1n) is 6.26. The maximum atomic E-state index is 12.2. The van der Waals surface area contributed by atoms with E-state index in [1.54, 1.807) is 17.5 Å². The summed E-state index contributed by atoms with van der Waals surface area (Å²) in [6.07, 6.45) is 0. The van der Waals surface area contributed by atoms with Crippen molar-refractivity contribution in [1.29, 1.82) is 0 Å². The quantitative estimate of drug-likeness (QED) is 0.859. The van der Waals surface area contributed by atoms with Gasteiger partial charge in [0.25, 0.3) is 0 Å². The van der Waals surface area contributed by atoms with Crippen LogP contribution in [0.2, 0.25) is 0 Å². The third-order valence-corrected chi connectivity index (χ3v) is 6.08. The van der Waals surface area contributed by atoms with Crippen LogP contribution in [0.5, 0.6) is 0 Å². The molecule has 0 saturated heterocycles. The molecule has 108 valence electrons. The van der Waals surface area contributed by atoms with Gasteiger partial charge in [-0.25, -0.2) is 13.1 Å². The molecule has 0 fully saturated rings. The van der Waals surface area contributed by atoms with Crippen molar-refractivity contribution in [3.63, 3.8) is 0 Å². The molecule has 2 unspecified atom stereocenters. The molecular formula is C14H17NO3S2. The molecule has 4 nitrogen and oxygen atoms in total. The van der Waals surface area contributed by atoms with E-state index in [1.165, 1.54) is 0 Å². The predicted molar refractivity (Wildman–Crippen MR) is 80.4 cm³/mol. The van der Waals surface area contributed by atoms with Crippen LogP contribution in [0, 0.1) is 0 Å². The molecule has 0 aliphatic carbocycles. The van der Waals surface area contributed by atoms with Gasteiger partial charge in [-0.1, -0.05) is 43.3 Å². The zero-order chi connectivity index (χ0) is 14.6. The summed E-state index contributed by atoms with van der Waals surface area (Å²) in [7, 11) is -3.57. The third-order valence-electron chi connectivity index (χ3n) is 3.19. The highest BCUT2D eigenvalue weighted by atomic mass is 32.2. The van der Waals surface area contributed by atoms with E-state index in [-0.39, 0.29) is 16.7 Å². The normalized spacial score (nSPS) is 14.9. The first-order chi connectivity index (χ1) is 9.54. The summed E-state index contributed by atoms with van der Waals surface area (Å²) in [6.45, 7) is 1.65. The van der Waals surface area contributed by atoms with E-state index in [9.17, 15) is 13.5 Å². The molecule has 2 rings (SSSR count).